The molecule has 0 amide bonds. The van der Waals surface area contributed by atoms with Crippen LogP contribution in [0.5, 0.6) is 0 Å². The SMILES string of the molecule is C=CN=C(C=C)c1ccncc1. The quantitative estimate of drug-likeness (QED) is 0.619. The van der Waals surface area contributed by atoms with Crippen molar-refractivity contribution in [2.24, 2.45) is 4.99 Å². The Morgan fingerprint density at radius 3 is 2.50 bits per heavy atom. The van der Waals surface area contributed by atoms with Gasteiger partial charge in [0.1, 0.15) is 0 Å². The second kappa shape index (κ2) is 4.23. The first-order valence-corrected chi connectivity index (χ1v) is 3.60. The highest BCUT2D eigenvalue weighted by Crippen LogP contribution is 2.00. The van der Waals surface area contributed by atoms with E-state index in [9.17, 15) is 0 Å². The third-order valence-corrected chi connectivity index (χ3v) is 1.40. The van der Waals surface area contributed by atoms with Crippen LogP contribution in [0.25, 0.3) is 0 Å². The summed E-state index contributed by atoms with van der Waals surface area (Å²) in [6, 6.07) is 3.76. The Hall–Kier alpha value is -1.70. The van der Waals surface area contributed by atoms with Gasteiger partial charge in [-0.1, -0.05) is 13.2 Å². The summed E-state index contributed by atoms with van der Waals surface area (Å²) >= 11 is 0. The van der Waals surface area contributed by atoms with Gasteiger partial charge in [-0.15, -0.1) is 0 Å². The number of hydrogen-bond acceptors (Lipinski definition) is 2. The Kier molecular flexibility index (Phi) is 2.96. The van der Waals surface area contributed by atoms with Crippen LogP contribution in [0.2, 0.25) is 0 Å². The molecule has 0 aliphatic rings. The molecule has 1 aromatic heterocycles. The van der Waals surface area contributed by atoms with Crippen LogP contribution in [0.4, 0.5) is 0 Å². The van der Waals surface area contributed by atoms with E-state index in [-0.39, 0.29) is 0 Å². The van der Waals surface area contributed by atoms with Gasteiger partial charge in [-0.2, -0.15) is 0 Å². The molecule has 0 saturated heterocycles. The first kappa shape index (κ1) is 8.40. The molecule has 1 heterocycles. The van der Waals surface area contributed by atoms with E-state index in [2.05, 4.69) is 23.1 Å². The first-order chi connectivity index (χ1) is 5.88. The van der Waals surface area contributed by atoms with Crippen molar-refractivity contribution in [3.8, 4) is 0 Å². The van der Waals surface area contributed by atoms with Gasteiger partial charge in [-0.05, 0) is 18.2 Å². The van der Waals surface area contributed by atoms with Crippen LogP contribution in [0.1, 0.15) is 5.56 Å². The fourth-order valence-corrected chi connectivity index (χ4v) is 0.866. The fraction of sp³-hybridized carbons (Fsp3) is 0. The second-order valence-corrected chi connectivity index (χ2v) is 2.14. The van der Waals surface area contributed by atoms with E-state index in [1.807, 2.05) is 12.1 Å². The number of allylic oxidation sites excluding steroid dienone is 1. The Balaban J connectivity index is 3.03. The summed E-state index contributed by atoms with van der Waals surface area (Å²) in [6.45, 7) is 7.18. The van der Waals surface area contributed by atoms with Gasteiger partial charge in [-0.25, -0.2) is 0 Å². The van der Waals surface area contributed by atoms with Gasteiger partial charge >= 0.3 is 0 Å². The number of hydrogen-bond donors (Lipinski definition) is 0. The molecule has 0 aliphatic carbocycles. The Bertz CT molecular complexity index is 299. The second-order valence-electron chi connectivity index (χ2n) is 2.14. The van der Waals surface area contributed by atoms with Gasteiger partial charge in [0.25, 0.3) is 0 Å². The molecule has 0 saturated carbocycles. The van der Waals surface area contributed by atoms with Gasteiger partial charge in [0.2, 0.25) is 0 Å². The van der Waals surface area contributed by atoms with Crippen molar-refractivity contribution in [2.75, 3.05) is 0 Å². The molecule has 12 heavy (non-hydrogen) atoms. The van der Waals surface area contributed by atoms with Crippen molar-refractivity contribution in [3.05, 3.63) is 55.5 Å². The van der Waals surface area contributed by atoms with Gasteiger partial charge in [0, 0.05) is 24.2 Å². The normalized spacial score (nSPS) is 10.8. The van der Waals surface area contributed by atoms with Crippen LogP contribution in [-0.4, -0.2) is 10.7 Å². The van der Waals surface area contributed by atoms with Crippen LogP contribution in [-0.2, 0) is 0 Å². The van der Waals surface area contributed by atoms with Crippen LogP contribution in [0.15, 0.2) is 55.0 Å². The summed E-state index contributed by atoms with van der Waals surface area (Å²) in [5.41, 5.74) is 1.81. The molecule has 0 unspecified atom stereocenters. The van der Waals surface area contributed by atoms with Gasteiger partial charge < -0.3 is 0 Å². The lowest BCUT2D eigenvalue weighted by Crippen LogP contribution is -1.94. The molecule has 0 aromatic carbocycles. The summed E-state index contributed by atoms with van der Waals surface area (Å²) in [7, 11) is 0. The molecule has 0 radical (unpaired) electrons. The summed E-state index contributed by atoms with van der Waals surface area (Å²) in [5.74, 6) is 0. The van der Waals surface area contributed by atoms with Gasteiger partial charge in [0.15, 0.2) is 0 Å². The van der Waals surface area contributed by atoms with E-state index in [4.69, 9.17) is 0 Å². The van der Waals surface area contributed by atoms with E-state index < -0.39 is 0 Å². The topological polar surface area (TPSA) is 25.2 Å². The lowest BCUT2D eigenvalue weighted by Gasteiger charge is -1.97. The van der Waals surface area contributed by atoms with Crippen molar-refractivity contribution in [1.82, 2.24) is 4.98 Å². The smallest absolute Gasteiger partial charge is 0.0696 e. The van der Waals surface area contributed by atoms with Gasteiger partial charge in [-0.3, -0.25) is 9.98 Å². The molecule has 2 heteroatoms. The number of aliphatic imine (C=N–C) groups is 1. The highest BCUT2D eigenvalue weighted by atomic mass is 14.7. The maximum absolute atomic E-state index is 4.05. The molecule has 0 bridgehead atoms. The Labute approximate surface area is 72.0 Å². The molecule has 2 nitrogen and oxygen atoms in total. The third-order valence-electron chi connectivity index (χ3n) is 1.40. The molecular weight excluding hydrogens is 148 g/mol. The average Bonchev–Trinajstić information content (AvgIpc) is 2.15. The molecular formula is C10H10N2. The number of nitrogens with zero attached hydrogens (tertiary/aromatic N) is 2. The molecule has 0 atom stereocenters. The van der Waals surface area contributed by atoms with E-state index in [1.54, 1.807) is 18.5 Å². The molecule has 0 N–H and O–H groups in total. The summed E-state index contributed by atoms with van der Waals surface area (Å²) in [5, 5.41) is 0. The van der Waals surface area contributed by atoms with Crippen molar-refractivity contribution in [1.29, 1.82) is 0 Å². The lowest BCUT2D eigenvalue weighted by molar-refractivity contribution is 1.32. The maximum atomic E-state index is 4.05. The van der Waals surface area contributed by atoms with Crippen LogP contribution in [0, 0.1) is 0 Å². The predicted octanol–water partition coefficient (Wildman–Crippen LogP) is 2.20. The van der Waals surface area contributed by atoms with Crippen LogP contribution < -0.4 is 0 Å². The van der Waals surface area contributed by atoms with E-state index in [0.717, 1.165) is 11.3 Å². The van der Waals surface area contributed by atoms with Crippen LogP contribution in [0.3, 0.4) is 0 Å². The number of rotatable bonds is 3. The minimum Gasteiger partial charge on any atom is -0.265 e. The lowest BCUT2D eigenvalue weighted by atomic mass is 10.1. The Morgan fingerprint density at radius 2 is 2.00 bits per heavy atom. The third kappa shape index (κ3) is 1.89. The highest BCUT2D eigenvalue weighted by Gasteiger charge is 1.94. The molecule has 1 aromatic rings. The number of aromatic nitrogens is 1. The largest absolute Gasteiger partial charge is 0.265 e. The first-order valence-electron chi connectivity index (χ1n) is 3.60. The zero-order valence-electron chi connectivity index (χ0n) is 6.77. The molecule has 0 aliphatic heterocycles. The van der Waals surface area contributed by atoms with Crippen molar-refractivity contribution in [3.63, 3.8) is 0 Å². The number of pyridine rings is 1. The van der Waals surface area contributed by atoms with Crippen molar-refractivity contribution in [2.45, 2.75) is 0 Å². The molecule has 0 fully saturated rings. The minimum atomic E-state index is 0.812. The van der Waals surface area contributed by atoms with E-state index in [1.165, 1.54) is 6.20 Å². The van der Waals surface area contributed by atoms with Crippen molar-refractivity contribution < 1.29 is 0 Å². The highest BCUT2D eigenvalue weighted by molar-refractivity contribution is 6.08. The van der Waals surface area contributed by atoms with E-state index in [0.29, 0.717) is 0 Å². The monoisotopic (exact) mass is 158 g/mol. The molecule has 60 valence electrons. The summed E-state index contributed by atoms with van der Waals surface area (Å²) in [6.07, 6.45) is 6.63. The van der Waals surface area contributed by atoms with Crippen molar-refractivity contribution >= 4 is 5.71 Å². The zero-order chi connectivity index (χ0) is 8.81. The predicted molar refractivity (Wildman–Crippen MR) is 51.2 cm³/mol. The van der Waals surface area contributed by atoms with E-state index >= 15 is 0 Å². The zero-order valence-corrected chi connectivity index (χ0v) is 6.77. The summed E-state index contributed by atoms with van der Waals surface area (Å²) < 4.78 is 0. The standard InChI is InChI=1S/C10H10N2/c1-3-10(12-4-2)9-5-7-11-8-6-9/h3-8H,1-2H2. The minimum absolute atomic E-state index is 0.812. The fourth-order valence-electron chi connectivity index (χ4n) is 0.866. The average molecular weight is 158 g/mol. The molecule has 1 rings (SSSR count). The molecule has 0 spiro atoms. The van der Waals surface area contributed by atoms with Gasteiger partial charge in [0.05, 0.1) is 5.71 Å². The Morgan fingerprint density at radius 1 is 1.33 bits per heavy atom. The maximum Gasteiger partial charge on any atom is 0.0696 e. The van der Waals surface area contributed by atoms with Crippen LogP contribution >= 0.6 is 0 Å². The summed E-state index contributed by atoms with van der Waals surface area (Å²) in [4.78, 5) is 7.95.